The van der Waals surface area contributed by atoms with Gasteiger partial charge in [0.15, 0.2) is 0 Å². The highest BCUT2D eigenvalue weighted by Crippen LogP contribution is 2.40. The van der Waals surface area contributed by atoms with E-state index in [1.54, 1.807) is 0 Å². The van der Waals surface area contributed by atoms with Gasteiger partial charge in [-0.3, -0.25) is 9.59 Å². The second-order valence-electron chi connectivity index (χ2n) is 3.57. The zero-order valence-corrected chi connectivity index (χ0v) is 7.21. The van der Waals surface area contributed by atoms with Crippen molar-refractivity contribution in [3.8, 4) is 0 Å². The van der Waals surface area contributed by atoms with Crippen molar-refractivity contribution in [2.24, 2.45) is 11.8 Å². The van der Waals surface area contributed by atoms with E-state index in [-0.39, 0.29) is 11.8 Å². The molecule has 0 bridgehead atoms. The zero-order valence-electron chi connectivity index (χ0n) is 7.21. The second kappa shape index (κ2) is 2.55. The van der Waals surface area contributed by atoms with Gasteiger partial charge in [-0.25, -0.2) is 0 Å². The summed E-state index contributed by atoms with van der Waals surface area (Å²) in [5.74, 6) is -1.40. The number of carbonyl (C=O) groups excluding carboxylic acids is 2. The fourth-order valence-electron chi connectivity index (χ4n) is 1.85. The maximum Gasteiger partial charge on any atom is 0.317 e. The summed E-state index contributed by atoms with van der Waals surface area (Å²) in [5.41, 5.74) is 1.74. The molecule has 1 saturated heterocycles. The van der Waals surface area contributed by atoms with Crippen molar-refractivity contribution in [3.05, 3.63) is 24.3 Å². The second-order valence-corrected chi connectivity index (χ2v) is 3.57. The molecule has 2 atom stereocenters. The number of ether oxygens (including phenoxy) is 1. The van der Waals surface area contributed by atoms with Gasteiger partial charge in [-0.2, -0.15) is 0 Å². The van der Waals surface area contributed by atoms with Crippen LogP contribution in [0.2, 0.25) is 0 Å². The lowest BCUT2D eigenvalue weighted by molar-refractivity contribution is -0.153. The number of fused-ring (bicyclic) bond motifs is 1. The molecule has 2 aliphatic rings. The Morgan fingerprint density at radius 2 is 1.38 bits per heavy atom. The first kappa shape index (κ1) is 8.23. The van der Waals surface area contributed by atoms with Crippen LogP contribution >= 0.6 is 0 Å². The largest absolute Gasteiger partial charge is 0.393 e. The van der Waals surface area contributed by atoms with E-state index in [9.17, 15) is 9.59 Å². The molecule has 0 N–H and O–H groups in total. The smallest absolute Gasteiger partial charge is 0.317 e. The summed E-state index contributed by atoms with van der Waals surface area (Å²) in [7, 11) is 0. The van der Waals surface area contributed by atoms with Crippen LogP contribution in [-0.2, 0) is 14.3 Å². The van der Waals surface area contributed by atoms with Crippen LogP contribution in [-0.4, -0.2) is 11.9 Å². The lowest BCUT2D eigenvalue weighted by Crippen LogP contribution is -2.23. The Balaban J connectivity index is 2.29. The number of cyclic esters (lactones) is 2. The van der Waals surface area contributed by atoms with Gasteiger partial charge in [-0.05, 0) is 12.8 Å². The average Bonchev–Trinajstić information content (AvgIpc) is 2.31. The molecule has 2 fully saturated rings. The molecule has 0 aromatic rings. The minimum absolute atomic E-state index is 0.300. The molecular weight excluding hydrogens is 168 g/mol. The Hall–Kier alpha value is -1.38. The molecule has 68 valence electrons. The van der Waals surface area contributed by atoms with Gasteiger partial charge in [0.1, 0.15) is 0 Å². The van der Waals surface area contributed by atoms with Crippen LogP contribution in [0.5, 0.6) is 0 Å². The van der Waals surface area contributed by atoms with Gasteiger partial charge in [0, 0.05) is 0 Å². The summed E-state index contributed by atoms with van der Waals surface area (Å²) in [5, 5.41) is 0. The minimum atomic E-state index is -0.399. The number of hydrogen-bond donors (Lipinski definition) is 0. The molecule has 0 aromatic carbocycles. The standard InChI is InChI=1S/C10H10O3/c1-5-3-7-8(4-6(5)2)10(12)13-9(7)11/h7-8H,1-4H2. The Bertz CT molecular complexity index is 295. The number of carbonyl (C=O) groups is 2. The molecule has 3 heteroatoms. The van der Waals surface area contributed by atoms with Crippen LogP contribution < -0.4 is 0 Å². The summed E-state index contributed by atoms with van der Waals surface area (Å²) in [6.45, 7) is 7.59. The number of esters is 2. The Morgan fingerprint density at radius 1 is 1.00 bits per heavy atom. The normalized spacial score (nSPS) is 33.2. The fourth-order valence-corrected chi connectivity index (χ4v) is 1.85. The highest BCUT2D eigenvalue weighted by molar-refractivity contribution is 5.97. The van der Waals surface area contributed by atoms with Crippen molar-refractivity contribution in [1.82, 2.24) is 0 Å². The van der Waals surface area contributed by atoms with E-state index in [2.05, 4.69) is 17.9 Å². The molecule has 1 saturated carbocycles. The van der Waals surface area contributed by atoms with E-state index in [1.165, 1.54) is 0 Å². The summed E-state index contributed by atoms with van der Waals surface area (Å²) < 4.78 is 4.54. The zero-order chi connectivity index (χ0) is 9.59. The summed E-state index contributed by atoms with van der Waals surface area (Å²) in [6.07, 6.45) is 1.04. The van der Waals surface area contributed by atoms with Crippen LogP contribution in [0.4, 0.5) is 0 Å². The molecule has 3 nitrogen and oxygen atoms in total. The first-order chi connectivity index (χ1) is 6.09. The molecule has 1 aliphatic carbocycles. The third-order valence-corrected chi connectivity index (χ3v) is 2.73. The molecule has 1 aliphatic heterocycles. The van der Waals surface area contributed by atoms with Gasteiger partial charge < -0.3 is 4.74 Å². The lowest BCUT2D eigenvalue weighted by atomic mass is 9.76. The topological polar surface area (TPSA) is 43.4 Å². The average molecular weight is 178 g/mol. The number of hydrogen-bond acceptors (Lipinski definition) is 3. The number of allylic oxidation sites excluding steroid dienone is 2. The van der Waals surface area contributed by atoms with Crippen molar-refractivity contribution >= 4 is 11.9 Å². The quantitative estimate of drug-likeness (QED) is 0.413. The third-order valence-electron chi connectivity index (χ3n) is 2.73. The lowest BCUT2D eigenvalue weighted by Gasteiger charge is -2.23. The summed E-state index contributed by atoms with van der Waals surface area (Å²) in [6, 6.07) is 0. The molecule has 2 rings (SSSR count). The number of rotatable bonds is 0. The van der Waals surface area contributed by atoms with E-state index < -0.39 is 11.9 Å². The molecule has 0 aromatic heterocycles. The van der Waals surface area contributed by atoms with Crippen molar-refractivity contribution in [1.29, 1.82) is 0 Å². The van der Waals surface area contributed by atoms with Gasteiger partial charge in [-0.1, -0.05) is 24.3 Å². The predicted octanol–water partition coefficient (Wildman–Crippen LogP) is 1.21. The van der Waals surface area contributed by atoms with Crippen molar-refractivity contribution in [3.63, 3.8) is 0 Å². The maximum absolute atomic E-state index is 11.2. The van der Waals surface area contributed by atoms with E-state index in [0.717, 1.165) is 11.1 Å². The molecule has 2 unspecified atom stereocenters. The molecule has 0 amide bonds. The van der Waals surface area contributed by atoms with Crippen molar-refractivity contribution in [2.45, 2.75) is 12.8 Å². The monoisotopic (exact) mass is 178 g/mol. The fraction of sp³-hybridized carbons (Fsp3) is 0.400. The molecule has 1 heterocycles. The summed E-state index contributed by atoms with van der Waals surface area (Å²) >= 11 is 0. The minimum Gasteiger partial charge on any atom is -0.393 e. The Labute approximate surface area is 76.1 Å². The summed E-state index contributed by atoms with van der Waals surface area (Å²) in [4.78, 5) is 22.3. The molecule has 13 heavy (non-hydrogen) atoms. The highest BCUT2D eigenvalue weighted by Gasteiger charge is 2.46. The van der Waals surface area contributed by atoms with Crippen LogP contribution in [0, 0.1) is 11.8 Å². The first-order valence-electron chi connectivity index (χ1n) is 4.21. The van der Waals surface area contributed by atoms with Gasteiger partial charge >= 0.3 is 11.9 Å². The Kier molecular flexibility index (Phi) is 1.62. The maximum atomic E-state index is 11.2. The van der Waals surface area contributed by atoms with E-state index in [0.29, 0.717) is 12.8 Å². The van der Waals surface area contributed by atoms with Crippen LogP contribution in [0.1, 0.15) is 12.8 Å². The van der Waals surface area contributed by atoms with Crippen molar-refractivity contribution < 1.29 is 14.3 Å². The van der Waals surface area contributed by atoms with Gasteiger partial charge in [0.2, 0.25) is 0 Å². The van der Waals surface area contributed by atoms with E-state index in [1.807, 2.05) is 0 Å². The van der Waals surface area contributed by atoms with Crippen molar-refractivity contribution in [2.75, 3.05) is 0 Å². The molecule has 0 radical (unpaired) electrons. The van der Waals surface area contributed by atoms with E-state index in [4.69, 9.17) is 0 Å². The molecule has 0 spiro atoms. The van der Waals surface area contributed by atoms with Crippen LogP contribution in [0.15, 0.2) is 24.3 Å². The van der Waals surface area contributed by atoms with Crippen LogP contribution in [0.25, 0.3) is 0 Å². The SMILES string of the molecule is C=C1CC2C(=O)OC(=O)C2CC1=C. The third kappa shape index (κ3) is 1.11. The molecular formula is C10H10O3. The highest BCUT2D eigenvalue weighted by atomic mass is 16.6. The van der Waals surface area contributed by atoms with Gasteiger partial charge in [0.05, 0.1) is 11.8 Å². The van der Waals surface area contributed by atoms with Crippen LogP contribution in [0.3, 0.4) is 0 Å². The Morgan fingerprint density at radius 3 is 1.77 bits per heavy atom. The first-order valence-corrected chi connectivity index (χ1v) is 4.21. The van der Waals surface area contributed by atoms with E-state index >= 15 is 0 Å². The predicted molar refractivity (Wildman–Crippen MR) is 45.6 cm³/mol. The van der Waals surface area contributed by atoms with Gasteiger partial charge in [0.25, 0.3) is 0 Å². The van der Waals surface area contributed by atoms with Gasteiger partial charge in [-0.15, -0.1) is 0 Å².